The molecule has 80 valence electrons. The maximum absolute atomic E-state index is 5.81. The van der Waals surface area contributed by atoms with Crippen LogP contribution in [0, 0.1) is 0 Å². The summed E-state index contributed by atoms with van der Waals surface area (Å²) in [7, 11) is -1.84. The van der Waals surface area contributed by atoms with Crippen LogP contribution in [0.5, 0.6) is 0 Å². The Kier molecular flexibility index (Phi) is 8.35. The van der Waals surface area contributed by atoms with Crippen molar-refractivity contribution >= 4 is 24.5 Å². The van der Waals surface area contributed by atoms with Gasteiger partial charge in [0.2, 0.25) is 0 Å². The van der Waals surface area contributed by atoms with Crippen LogP contribution in [0.15, 0.2) is 0 Å². The lowest BCUT2D eigenvalue weighted by atomic mass is 10.5. The van der Waals surface area contributed by atoms with E-state index in [0.717, 1.165) is 37.4 Å². The Labute approximate surface area is 91.4 Å². The number of hydrogen-bond donors (Lipinski definition) is 0. The van der Waals surface area contributed by atoms with E-state index in [9.17, 15) is 0 Å². The molecule has 4 heteroatoms. The smallest absolute Gasteiger partial charge is 0.335 e. The molecule has 0 aromatic heterocycles. The molecule has 13 heavy (non-hydrogen) atoms. The largest absolute Gasteiger partial charge is 0.394 e. The summed E-state index contributed by atoms with van der Waals surface area (Å²) in [5, 5.41) is 0.975. The van der Waals surface area contributed by atoms with Crippen molar-refractivity contribution in [3.63, 3.8) is 0 Å². The summed E-state index contributed by atoms with van der Waals surface area (Å²) < 4.78 is 11.6. The zero-order valence-corrected chi connectivity index (χ0v) is 11.5. The zero-order chi connectivity index (χ0) is 10.2. The van der Waals surface area contributed by atoms with Crippen LogP contribution in [-0.4, -0.2) is 27.1 Å². The molecule has 0 rings (SSSR count). The van der Waals surface area contributed by atoms with E-state index in [-0.39, 0.29) is 0 Å². The van der Waals surface area contributed by atoms with Crippen molar-refractivity contribution in [1.29, 1.82) is 0 Å². The van der Waals surface area contributed by atoms with Crippen LogP contribution >= 0.6 is 15.9 Å². The Hall–Kier alpha value is 0.617. The summed E-state index contributed by atoms with van der Waals surface area (Å²) >= 11 is 3.44. The lowest BCUT2D eigenvalue weighted by Crippen LogP contribution is -2.39. The summed E-state index contributed by atoms with van der Waals surface area (Å²) in [6, 6.07) is 1.03. The van der Waals surface area contributed by atoms with Crippen LogP contribution in [-0.2, 0) is 8.85 Å². The molecule has 0 amide bonds. The van der Waals surface area contributed by atoms with Gasteiger partial charge >= 0.3 is 8.56 Å². The Morgan fingerprint density at radius 1 is 1.08 bits per heavy atom. The first-order valence-corrected chi connectivity index (χ1v) is 8.67. The van der Waals surface area contributed by atoms with Crippen LogP contribution in [0.2, 0.25) is 12.6 Å². The highest BCUT2D eigenvalue weighted by molar-refractivity contribution is 9.09. The maximum atomic E-state index is 5.81. The molecule has 0 radical (unpaired) electrons. The van der Waals surface area contributed by atoms with Gasteiger partial charge in [-0.15, -0.1) is 0 Å². The molecule has 0 atom stereocenters. The lowest BCUT2D eigenvalue weighted by molar-refractivity contribution is 0.175. The van der Waals surface area contributed by atoms with Gasteiger partial charge < -0.3 is 8.85 Å². The molecule has 0 bridgehead atoms. The maximum Gasteiger partial charge on any atom is 0.335 e. The van der Waals surface area contributed by atoms with Gasteiger partial charge in [-0.25, -0.2) is 0 Å². The minimum absolute atomic E-state index is 0.833. The normalized spacial score (nSPS) is 12.0. The van der Waals surface area contributed by atoms with Crippen LogP contribution in [0.3, 0.4) is 0 Å². The topological polar surface area (TPSA) is 18.5 Å². The molecule has 0 unspecified atom stereocenters. The first kappa shape index (κ1) is 13.6. The van der Waals surface area contributed by atoms with E-state index in [0.29, 0.717) is 0 Å². The van der Waals surface area contributed by atoms with Crippen LogP contribution in [0.25, 0.3) is 0 Å². The molecular weight excluding hydrogens is 248 g/mol. The van der Waals surface area contributed by atoms with E-state index < -0.39 is 8.56 Å². The SMILES string of the molecule is CCCO[Si](C)(CCBr)OCCC. The second-order valence-corrected chi connectivity index (χ2v) is 7.41. The van der Waals surface area contributed by atoms with Crippen LogP contribution in [0.4, 0.5) is 0 Å². The third-order valence-corrected chi connectivity index (χ3v) is 5.69. The van der Waals surface area contributed by atoms with Crippen molar-refractivity contribution in [3.05, 3.63) is 0 Å². The Balaban J connectivity index is 3.84. The van der Waals surface area contributed by atoms with Gasteiger partial charge in [-0.1, -0.05) is 29.8 Å². The van der Waals surface area contributed by atoms with Crippen molar-refractivity contribution in [2.75, 3.05) is 18.5 Å². The Morgan fingerprint density at radius 3 is 1.85 bits per heavy atom. The molecule has 0 aromatic carbocycles. The van der Waals surface area contributed by atoms with Crippen molar-refractivity contribution in [3.8, 4) is 0 Å². The lowest BCUT2D eigenvalue weighted by Gasteiger charge is -2.26. The highest BCUT2D eigenvalue weighted by Crippen LogP contribution is 2.15. The second-order valence-electron chi connectivity index (χ2n) is 3.27. The average molecular weight is 269 g/mol. The van der Waals surface area contributed by atoms with Gasteiger partial charge in [0.05, 0.1) is 0 Å². The van der Waals surface area contributed by atoms with Crippen molar-refractivity contribution in [2.24, 2.45) is 0 Å². The number of hydrogen-bond acceptors (Lipinski definition) is 2. The molecule has 0 spiro atoms. The average Bonchev–Trinajstić information content (AvgIpc) is 2.12. The molecule has 2 nitrogen and oxygen atoms in total. The molecule has 0 N–H and O–H groups in total. The third kappa shape index (κ3) is 6.66. The van der Waals surface area contributed by atoms with Crippen molar-refractivity contribution < 1.29 is 8.85 Å². The van der Waals surface area contributed by atoms with Gasteiger partial charge in [0.1, 0.15) is 0 Å². The second kappa shape index (κ2) is 7.97. The van der Waals surface area contributed by atoms with E-state index in [1.54, 1.807) is 0 Å². The molecule has 0 aliphatic heterocycles. The predicted octanol–water partition coefficient (Wildman–Crippen LogP) is 3.31. The van der Waals surface area contributed by atoms with Crippen molar-refractivity contribution in [1.82, 2.24) is 0 Å². The highest BCUT2D eigenvalue weighted by Gasteiger charge is 2.29. The fourth-order valence-electron chi connectivity index (χ4n) is 0.994. The fraction of sp³-hybridized carbons (Fsp3) is 1.00. The molecular formula is C9H21BrO2Si. The summed E-state index contributed by atoms with van der Waals surface area (Å²) in [6.07, 6.45) is 2.14. The molecule has 0 aliphatic carbocycles. The Morgan fingerprint density at radius 2 is 1.54 bits per heavy atom. The first-order chi connectivity index (χ1) is 6.18. The van der Waals surface area contributed by atoms with Gasteiger partial charge in [-0.2, -0.15) is 0 Å². The minimum atomic E-state index is -1.84. The van der Waals surface area contributed by atoms with Crippen molar-refractivity contribution in [2.45, 2.75) is 39.3 Å². The van der Waals surface area contributed by atoms with Gasteiger partial charge in [-0.3, -0.25) is 0 Å². The predicted molar refractivity (Wildman–Crippen MR) is 62.7 cm³/mol. The monoisotopic (exact) mass is 268 g/mol. The van der Waals surface area contributed by atoms with Gasteiger partial charge in [-0.05, 0) is 19.4 Å². The Bertz CT molecular complexity index is 114. The third-order valence-electron chi connectivity index (χ3n) is 1.77. The van der Waals surface area contributed by atoms with Gasteiger partial charge in [0.15, 0.2) is 0 Å². The van der Waals surface area contributed by atoms with E-state index in [1.807, 2.05) is 0 Å². The fourth-order valence-corrected chi connectivity index (χ4v) is 5.14. The zero-order valence-electron chi connectivity index (χ0n) is 8.94. The quantitative estimate of drug-likeness (QED) is 0.497. The van der Waals surface area contributed by atoms with Gasteiger partial charge in [0, 0.05) is 24.6 Å². The first-order valence-electron chi connectivity index (χ1n) is 5.02. The van der Waals surface area contributed by atoms with Gasteiger partial charge in [0.25, 0.3) is 0 Å². The summed E-state index contributed by atoms with van der Waals surface area (Å²) in [4.78, 5) is 0. The standard InChI is InChI=1S/C9H21BrO2Si/c1-4-7-11-13(3,9-6-10)12-8-5-2/h4-9H2,1-3H3. The number of alkyl halides is 1. The molecule has 0 aliphatic rings. The molecule has 0 saturated heterocycles. The molecule has 0 heterocycles. The van der Waals surface area contributed by atoms with Crippen LogP contribution < -0.4 is 0 Å². The van der Waals surface area contributed by atoms with E-state index in [2.05, 4.69) is 36.3 Å². The molecule has 0 fully saturated rings. The van der Waals surface area contributed by atoms with E-state index in [4.69, 9.17) is 8.85 Å². The highest BCUT2D eigenvalue weighted by atomic mass is 79.9. The van der Waals surface area contributed by atoms with Crippen LogP contribution in [0.1, 0.15) is 26.7 Å². The molecule has 0 aromatic rings. The number of halogens is 1. The molecule has 0 saturated carbocycles. The van der Waals surface area contributed by atoms with E-state index >= 15 is 0 Å². The van der Waals surface area contributed by atoms with E-state index in [1.165, 1.54) is 0 Å². The summed E-state index contributed by atoms with van der Waals surface area (Å²) in [6.45, 7) is 8.07. The summed E-state index contributed by atoms with van der Waals surface area (Å²) in [5.74, 6) is 0. The minimum Gasteiger partial charge on any atom is -0.394 e. The summed E-state index contributed by atoms with van der Waals surface area (Å²) in [5.41, 5.74) is 0. The number of rotatable bonds is 8.